The summed E-state index contributed by atoms with van der Waals surface area (Å²) in [6.07, 6.45) is 0.174. The molecule has 0 aromatic carbocycles. The molecule has 7 nitrogen and oxygen atoms in total. The van der Waals surface area contributed by atoms with Crippen molar-refractivity contribution < 1.29 is 24.2 Å². The van der Waals surface area contributed by atoms with Crippen LogP contribution in [0.1, 0.15) is 12.8 Å². The van der Waals surface area contributed by atoms with Crippen LogP contribution in [0.15, 0.2) is 12.7 Å². The molecule has 0 aromatic heterocycles. The molecular formula is C9H14N2O5. The third-order valence-corrected chi connectivity index (χ3v) is 1.61. The van der Waals surface area contributed by atoms with E-state index >= 15 is 0 Å². The lowest BCUT2D eigenvalue weighted by atomic mass is 10.1. The predicted molar refractivity (Wildman–Crippen MR) is 54.5 cm³/mol. The van der Waals surface area contributed by atoms with E-state index in [4.69, 9.17) is 10.8 Å². The summed E-state index contributed by atoms with van der Waals surface area (Å²) in [6, 6.07) is -1.05. The minimum Gasteiger partial charge on any atom is -0.481 e. The number of carbonyl (C=O) groups is 3. The molecular weight excluding hydrogens is 216 g/mol. The lowest BCUT2D eigenvalue weighted by Gasteiger charge is -2.13. The summed E-state index contributed by atoms with van der Waals surface area (Å²) in [7, 11) is 0. The van der Waals surface area contributed by atoms with Crippen LogP contribution in [-0.2, 0) is 14.3 Å². The number of ether oxygens (including phenoxy) is 1. The molecule has 0 aliphatic heterocycles. The molecule has 0 bridgehead atoms. The van der Waals surface area contributed by atoms with Crippen molar-refractivity contribution in [3.05, 3.63) is 12.7 Å². The Morgan fingerprint density at radius 1 is 1.50 bits per heavy atom. The molecule has 0 fully saturated rings. The second-order valence-electron chi connectivity index (χ2n) is 2.92. The second kappa shape index (κ2) is 7.27. The number of carbonyl (C=O) groups excluding carboxylic acids is 2. The van der Waals surface area contributed by atoms with Gasteiger partial charge in [0.15, 0.2) is 0 Å². The molecule has 0 radical (unpaired) electrons. The monoisotopic (exact) mass is 230 g/mol. The van der Waals surface area contributed by atoms with Crippen LogP contribution in [0.25, 0.3) is 0 Å². The van der Waals surface area contributed by atoms with Gasteiger partial charge >= 0.3 is 12.1 Å². The first kappa shape index (κ1) is 13.9. The van der Waals surface area contributed by atoms with Gasteiger partial charge in [-0.1, -0.05) is 12.7 Å². The van der Waals surface area contributed by atoms with Gasteiger partial charge in [-0.2, -0.15) is 0 Å². The molecule has 4 N–H and O–H groups in total. The normalized spacial score (nSPS) is 11.2. The Bertz CT molecular complexity index is 290. The van der Waals surface area contributed by atoms with E-state index in [1.807, 2.05) is 0 Å². The van der Waals surface area contributed by atoms with Gasteiger partial charge in [-0.15, -0.1) is 0 Å². The Hall–Kier alpha value is -2.05. The average molecular weight is 230 g/mol. The fourth-order valence-electron chi connectivity index (χ4n) is 0.872. The molecule has 16 heavy (non-hydrogen) atoms. The van der Waals surface area contributed by atoms with E-state index in [1.165, 1.54) is 6.08 Å². The fourth-order valence-corrected chi connectivity index (χ4v) is 0.872. The van der Waals surface area contributed by atoms with E-state index in [9.17, 15) is 14.4 Å². The Morgan fingerprint density at radius 2 is 2.12 bits per heavy atom. The highest BCUT2D eigenvalue weighted by molar-refractivity contribution is 5.84. The Morgan fingerprint density at radius 3 is 2.56 bits per heavy atom. The summed E-state index contributed by atoms with van der Waals surface area (Å²) in [5.74, 6) is -1.88. The standard InChI is InChI=1S/C9H14N2O5/c1-2-5-16-9(15)11-6(8(10)14)3-4-7(12)13/h2,6H,1,3-5H2,(H2,10,14)(H,11,15)(H,12,13)/t6-/m0/s1. The summed E-state index contributed by atoms with van der Waals surface area (Å²) in [4.78, 5) is 32.2. The Kier molecular flexibility index (Phi) is 6.34. The Balaban J connectivity index is 4.11. The first-order chi connectivity index (χ1) is 7.47. The maximum Gasteiger partial charge on any atom is 0.408 e. The predicted octanol–water partition coefficient (Wildman–Crippen LogP) is -0.383. The molecule has 2 amide bonds. The quantitative estimate of drug-likeness (QED) is 0.515. The number of aliphatic carboxylic acids is 1. The minimum absolute atomic E-state index is 0.00372. The van der Waals surface area contributed by atoms with E-state index in [1.54, 1.807) is 0 Å². The van der Waals surface area contributed by atoms with Gasteiger partial charge in [0, 0.05) is 6.42 Å². The third-order valence-electron chi connectivity index (χ3n) is 1.61. The molecule has 0 aliphatic carbocycles. The Labute approximate surface area is 92.3 Å². The number of nitrogens with two attached hydrogens (primary N) is 1. The minimum atomic E-state index is -1.08. The van der Waals surface area contributed by atoms with Crippen LogP contribution in [0.5, 0.6) is 0 Å². The lowest BCUT2D eigenvalue weighted by molar-refractivity contribution is -0.137. The van der Waals surface area contributed by atoms with Crippen molar-refractivity contribution in [1.82, 2.24) is 5.32 Å². The van der Waals surface area contributed by atoms with Gasteiger partial charge in [-0.25, -0.2) is 4.79 Å². The zero-order chi connectivity index (χ0) is 12.6. The van der Waals surface area contributed by atoms with E-state index in [-0.39, 0.29) is 19.4 Å². The number of rotatable bonds is 7. The van der Waals surface area contributed by atoms with Gasteiger partial charge in [0.05, 0.1) is 0 Å². The number of primary amides is 1. The van der Waals surface area contributed by atoms with Crippen molar-refractivity contribution in [1.29, 1.82) is 0 Å². The number of hydrogen-bond acceptors (Lipinski definition) is 4. The molecule has 0 saturated heterocycles. The topological polar surface area (TPSA) is 119 Å². The molecule has 1 atom stereocenters. The lowest BCUT2D eigenvalue weighted by Crippen LogP contribution is -2.44. The van der Waals surface area contributed by atoms with Crippen LogP contribution >= 0.6 is 0 Å². The van der Waals surface area contributed by atoms with Crippen LogP contribution in [-0.4, -0.2) is 35.7 Å². The van der Waals surface area contributed by atoms with Crippen LogP contribution in [0, 0.1) is 0 Å². The number of hydrogen-bond donors (Lipinski definition) is 3. The van der Waals surface area contributed by atoms with Crippen LogP contribution < -0.4 is 11.1 Å². The number of amides is 2. The number of carboxylic acid groups (broad SMARTS) is 1. The fraction of sp³-hybridized carbons (Fsp3) is 0.444. The van der Waals surface area contributed by atoms with Crippen molar-refractivity contribution in [2.24, 2.45) is 5.73 Å². The van der Waals surface area contributed by atoms with Crippen molar-refractivity contribution in [2.45, 2.75) is 18.9 Å². The van der Waals surface area contributed by atoms with E-state index in [2.05, 4.69) is 16.6 Å². The molecule has 0 heterocycles. The molecule has 0 rings (SSSR count). The molecule has 0 spiro atoms. The zero-order valence-electron chi connectivity index (χ0n) is 8.64. The molecule has 0 saturated carbocycles. The smallest absolute Gasteiger partial charge is 0.408 e. The van der Waals surface area contributed by atoms with E-state index in [0.717, 1.165) is 0 Å². The van der Waals surface area contributed by atoms with E-state index < -0.39 is 24.0 Å². The van der Waals surface area contributed by atoms with Gasteiger partial charge < -0.3 is 20.9 Å². The van der Waals surface area contributed by atoms with Crippen molar-refractivity contribution in [3.63, 3.8) is 0 Å². The SMILES string of the molecule is C=CCOC(=O)N[C@@H](CCC(=O)O)C(N)=O. The molecule has 0 aromatic rings. The number of alkyl carbamates (subject to hydrolysis) is 1. The summed E-state index contributed by atoms with van der Waals surface area (Å²) < 4.78 is 4.56. The van der Waals surface area contributed by atoms with Gasteiger partial charge in [-0.3, -0.25) is 9.59 Å². The van der Waals surface area contributed by atoms with Crippen molar-refractivity contribution >= 4 is 18.0 Å². The highest BCUT2D eigenvalue weighted by Gasteiger charge is 2.19. The maximum atomic E-state index is 11.0. The van der Waals surface area contributed by atoms with E-state index in [0.29, 0.717) is 0 Å². The van der Waals surface area contributed by atoms with Crippen LogP contribution in [0.2, 0.25) is 0 Å². The van der Waals surface area contributed by atoms with Gasteiger partial charge in [0.2, 0.25) is 5.91 Å². The van der Waals surface area contributed by atoms with Crippen molar-refractivity contribution in [3.8, 4) is 0 Å². The first-order valence-electron chi connectivity index (χ1n) is 4.52. The average Bonchev–Trinajstić information content (AvgIpc) is 2.20. The van der Waals surface area contributed by atoms with Crippen molar-refractivity contribution in [2.75, 3.05) is 6.61 Å². The van der Waals surface area contributed by atoms with Gasteiger partial charge in [0.1, 0.15) is 12.6 Å². The summed E-state index contributed by atoms with van der Waals surface area (Å²) in [6.45, 7) is 3.33. The van der Waals surface area contributed by atoms with Gasteiger partial charge in [0.25, 0.3) is 0 Å². The summed E-state index contributed by atoms with van der Waals surface area (Å²) in [5, 5.41) is 10.6. The molecule has 7 heteroatoms. The zero-order valence-corrected chi connectivity index (χ0v) is 8.64. The van der Waals surface area contributed by atoms with Crippen LogP contribution in [0.3, 0.4) is 0 Å². The highest BCUT2D eigenvalue weighted by Crippen LogP contribution is 1.97. The maximum absolute atomic E-state index is 11.0. The molecule has 0 aliphatic rings. The second-order valence-corrected chi connectivity index (χ2v) is 2.92. The highest BCUT2D eigenvalue weighted by atomic mass is 16.5. The largest absolute Gasteiger partial charge is 0.481 e. The molecule has 90 valence electrons. The molecule has 0 unspecified atom stereocenters. The summed E-state index contributed by atoms with van der Waals surface area (Å²) in [5.41, 5.74) is 4.98. The number of carboxylic acids is 1. The van der Waals surface area contributed by atoms with Crippen LogP contribution in [0.4, 0.5) is 4.79 Å². The summed E-state index contributed by atoms with van der Waals surface area (Å²) >= 11 is 0. The number of nitrogens with one attached hydrogen (secondary N) is 1. The first-order valence-corrected chi connectivity index (χ1v) is 4.52. The van der Waals surface area contributed by atoms with Gasteiger partial charge in [-0.05, 0) is 6.42 Å². The third kappa shape index (κ3) is 6.41.